The molecule has 0 radical (unpaired) electrons. The highest BCUT2D eigenvalue weighted by atomic mass is 16.5. The molecule has 1 aliphatic rings. The van der Waals surface area contributed by atoms with Gasteiger partial charge in [0.1, 0.15) is 0 Å². The normalized spacial score (nSPS) is 18.6. The minimum atomic E-state index is 0.330. The van der Waals surface area contributed by atoms with Crippen molar-refractivity contribution in [3.05, 3.63) is 35.4 Å². The highest BCUT2D eigenvalue weighted by Gasteiger charge is 2.37. The Bertz CT molecular complexity index is 373. The maximum atomic E-state index is 6.01. The van der Waals surface area contributed by atoms with Crippen molar-refractivity contribution >= 4 is 0 Å². The number of hydrogen-bond acceptors (Lipinski definition) is 2. The van der Waals surface area contributed by atoms with Crippen molar-refractivity contribution in [2.75, 3.05) is 13.2 Å². The van der Waals surface area contributed by atoms with Crippen LogP contribution in [0.3, 0.4) is 0 Å². The zero-order valence-electron chi connectivity index (χ0n) is 11.8. The first-order chi connectivity index (χ1) is 8.76. The van der Waals surface area contributed by atoms with E-state index in [1.54, 1.807) is 0 Å². The minimum absolute atomic E-state index is 0.330. The van der Waals surface area contributed by atoms with Crippen molar-refractivity contribution in [1.82, 2.24) is 5.32 Å². The Hall–Kier alpha value is -0.860. The van der Waals surface area contributed by atoms with Gasteiger partial charge in [0, 0.05) is 6.61 Å². The van der Waals surface area contributed by atoms with E-state index in [9.17, 15) is 0 Å². The van der Waals surface area contributed by atoms with Crippen LogP contribution >= 0.6 is 0 Å². The van der Waals surface area contributed by atoms with Crippen LogP contribution in [0.2, 0.25) is 0 Å². The third kappa shape index (κ3) is 3.33. The lowest BCUT2D eigenvalue weighted by atomic mass is 9.96. The standard InChI is InChI=1S/C16H25NO/c1-4-17-15(14-8-6-7-12(3)11-14)16(18-5-2)13-9-10-13/h6-8,11,13,15-17H,4-5,9-10H2,1-3H3. The molecule has 0 heterocycles. The molecule has 18 heavy (non-hydrogen) atoms. The second-order valence-electron chi connectivity index (χ2n) is 5.21. The van der Waals surface area contributed by atoms with Gasteiger partial charge in [-0.3, -0.25) is 0 Å². The SMILES string of the molecule is CCNC(c1cccc(C)c1)C(OCC)C1CC1. The Labute approximate surface area is 111 Å². The number of nitrogens with one attached hydrogen (secondary N) is 1. The Morgan fingerprint density at radius 3 is 2.67 bits per heavy atom. The lowest BCUT2D eigenvalue weighted by molar-refractivity contribution is 0.0189. The molecule has 0 spiro atoms. The molecule has 1 saturated carbocycles. The first-order valence-corrected chi connectivity index (χ1v) is 7.17. The van der Waals surface area contributed by atoms with Crippen LogP contribution in [0.5, 0.6) is 0 Å². The number of hydrogen-bond donors (Lipinski definition) is 1. The van der Waals surface area contributed by atoms with Crippen molar-refractivity contribution in [1.29, 1.82) is 0 Å². The number of ether oxygens (including phenoxy) is 1. The fourth-order valence-electron chi connectivity index (χ4n) is 2.63. The van der Waals surface area contributed by atoms with Crippen LogP contribution < -0.4 is 5.32 Å². The van der Waals surface area contributed by atoms with Crippen molar-refractivity contribution < 1.29 is 4.74 Å². The van der Waals surface area contributed by atoms with E-state index in [1.807, 2.05) is 0 Å². The third-order valence-electron chi connectivity index (χ3n) is 3.60. The lowest BCUT2D eigenvalue weighted by Gasteiger charge is -2.28. The van der Waals surface area contributed by atoms with Crippen LogP contribution in [-0.2, 0) is 4.74 Å². The molecule has 0 saturated heterocycles. The molecule has 0 aliphatic heterocycles. The van der Waals surface area contributed by atoms with Gasteiger partial charge < -0.3 is 10.1 Å². The molecule has 2 heteroatoms. The van der Waals surface area contributed by atoms with E-state index in [4.69, 9.17) is 4.74 Å². The van der Waals surface area contributed by atoms with E-state index in [0.717, 1.165) is 19.1 Å². The predicted molar refractivity (Wildman–Crippen MR) is 75.7 cm³/mol. The molecule has 100 valence electrons. The molecule has 0 bridgehead atoms. The van der Waals surface area contributed by atoms with E-state index < -0.39 is 0 Å². The van der Waals surface area contributed by atoms with Gasteiger partial charge in [-0.2, -0.15) is 0 Å². The fraction of sp³-hybridized carbons (Fsp3) is 0.625. The average molecular weight is 247 g/mol. The Balaban J connectivity index is 2.19. The maximum absolute atomic E-state index is 6.01. The summed E-state index contributed by atoms with van der Waals surface area (Å²) in [6.45, 7) is 8.19. The lowest BCUT2D eigenvalue weighted by Crippen LogP contribution is -2.35. The maximum Gasteiger partial charge on any atom is 0.0797 e. The average Bonchev–Trinajstić information content (AvgIpc) is 3.18. The molecule has 1 aliphatic carbocycles. The molecule has 1 N–H and O–H groups in total. The molecule has 1 aromatic rings. The van der Waals surface area contributed by atoms with Gasteiger partial charge in [0.15, 0.2) is 0 Å². The summed E-state index contributed by atoms with van der Waals surface area (Å²) >= 11 is 0. The number of rotatable bonds is 7. The summed E-state index contributed by atoms with van der Waals surface area (Å²) in [7, 11) is 0. The predicted octanol–water partition coefficient (Wildman–Crippen LogP) is 3.46. The summed E-state index contributed by atoms with van der Waals surface area (Å²) in [6.07, 6.45) is 2.97. The first kappa shape index (κ1) is 13.6. The number of likely N-dealkylation sites (N-methyl/N-ethyl adjacent to an activating group) is 1. The van der Waals surface area contributed by atoms with E-state index in [-0.39, 0.29) is 0 Å². The zero-order chi connectivity index (χ0) is 13.0. The summed E-state index contributed by atoms with van der Waals surface area (Å²) in [5, 5.41) is 3.61. The van der Waals surface area contributed by atoms with Crippen LogP contribution in [0.15, 0.2) is 24.3 Å². The molecule has 1 fully saturated rings. The van der Waals surface area contributed by atoms with Gasteiger partial charge >= 0.3 is 0 Å². The number of aryl methyl sites for hydroxylation is 1. The minimum Gasteiger partial charge on any atom is -0.376 e. The quantitative estimate of drug-likeness (QED) is 0.796. The summed E-state index contributed by atoms with van der Waals surface area (Å²) in [4.78, 5) is 0. The van der Waals surface area contributed by atoms with Crippen LogP contribution in [0.25, 0.3) is 0 Å². The number of benzene rings is 1. The molecule has 2 rings (SSSR count). The Morgan fingerprint density at radius 2 is 2.11 bits per heavy atom. The van der Waals surface area contributed by atoms with Gasteiger partial charge in [0.05, 0.1) is 12.1 Å². The summed E-state index contributed by atoms with van der Waals surface area (Å²) in [6, 6.07) is 9.13. The van der Waals surface area contributed by atoms with Crippen LogP contribution in [0.1, 0.15) is 43.9 Å². The zero-order valence-corrected chi connectivity index (χ0v) is 11.8. The van der Waals surface area contributed by atoms with Gasteiger partial charge in [-0.15, -0.1) is 0 Å². The van der Waals surface area contributed by atoms with Gasteiger partial charge in [-0.05, 0) is 44.7 Å². The molecule has 2 unspecified atom stereocenters. The molecule has 0 aromatic heterocycles. The van der Waals surface area contributed by atoms with E-state index in [1.165, 1.54) is 24.0 Å². The fourth-order valence-corrected chi connectivity index (χ4v) is 2.63. The monoisotopic (exact) mass is 247 g/mol. The largest absolute Gasteiger partial charge is 0.376 e. The van der Waals surface area contributed by atoms with Gasteiger partial charge in [-0.1, -0.05) is 36.8 Å². The van der Waals surface area contributed by atoms with Crippen molar-refractivity contribution in [2.24, 2.45) is 5.92 Å². The summed E-state index contributed by atoms with van der Waals surface area (Å²) in [5.41, 5.74) is 2.68. The van der Waals surface area contributed by atoms with Crippen LogP contribution in [0, 0.1) is 12.8 Å². The van der Waals surface area contributed by atoms with Gasteiger partial charge in [-0.25, -0.2) is 0 Å². The van der Waals surface area contributed by atoms with E-state index in [2.05, 4.69) is 50.4 Å². The van der Waals surface area contributed by atoms with Crippen LogP contribution in [-0.4, -0.2) is 19.3 Å². The van der Waals surface area contributed by atoms with Crippen molar-refractivity contribution in [3.8, 4) is 0 Å². The molecular weight excluding hydrogens is 222 g/mol. The highest BCUT2D eigenvalue weighted by Crippen LogP contribution is 2.40. The molecule has 0 amide bonds. The first-order valence-electron chi connectivity index (χ1n) is 7.17. The second kappa shape index (κ2) is 6.35. The molecule has 1 aromatic carbocycles. The summed E-state index contributed by atoms with van der Waals surface area (Å²) in [5.74, 6) is 0.745. The molecule has 2 atom stereocenters. The third-order valence-corrected chi connectivity index (χ3v) is 3.60. The van der Waals surface area contributed by atoms with Gasteiger partial charge in [0.25, 0.3) is 0 Å². The van der Waals surface area contributed by atoms with Gasteiger partial charge in [0.2, 0.25) is 0 Å². The molecule has 2 nitrogen and oxygen atoms in total. The van der Waals surface area contributed by atoms with Crippen molar-refractivity contribution in [2.45, 2.75) is 45.8 Å². The molecular formula is C16H25NO. The summed E-state index contributed by atoms with van der Waals surface area (Å²) < 4.78 is 6.01. The Kier molecular flexibility index (Phi) is 4.79. The Morgan fingerprint density at radius 1 is 1.33 bits per heavy atom. The second-order valence-corrected chi connectivity index (χ2v) is 5.21. The van der Waals surface area contributed by atoms with Crippen molar-refractivity contribution in [3.63, 3.8) is 0 Å². The van der Waals surface area contributed by atoms with E-state index >= 15 is 0 Å². The van der Waals surface area contributed by atoms with Crippen LogP contribution in [0.4, 0.5) is 0 Å². The highest BCUT2D eigenvalue weighted by molar-refractivity contribution is 5.26. The topological polar surface area (TPSA) is 21.3 Å². The smallest absolute Gasteiger partial charge is 0.0797 e. The van der Waals surface area contributed by atoms with E-state index in [0.29, 0.717) is 12.1 Å².